The van der Waals surface area contributed by atoms with Crippen molar-refractivity contribution < 1.29 is 18.3 Å². The van der Waals surface area contributed by atoms with Crippen molar-refractivity contribution in [2.75, 3.05) is 19.7 Å². The van der Waals surface area contributed by atoms with Crippen LogP contribution in [-0.2, 0) is 16.4 Å². The Balaban J connectivity index is 1.91. The predicted molar refractivity (Wildman–Crippen MR) is 93.7 cm³/mol. The SMILES string of the molecule is O=C(NCCCO)c1ccc(S(=O)(=O)NCCc2cccs2)cc1. The molecule has 2 rings (SSSR count). The van der Waals surface area contributed by atoms with E-state index >= 15 is 0 Å². The minimum atomic E-state index is -3.59. The van der Waals surface area contributed by atoms with Crippen LogP contribution in [0, 0.1) is 0 Å². The van der Waals surface area contributed by atoms with Gasteiger partial charge in [-0.15, -0.1) is 11.3 Å². The highest BCUT2D eigenvalue weighted by molar-refractivity contribution is 7.89. The van der Waals surface area contributed by atoms with Crippen LogP contribution >= 0.6 is 11.3 Å². The normalized spacial score (nSPS) is 11.4. The average molecular weight is 368 g/mol. The van der Waals surface area contributed by atoms with Crippen LogP contribution in [-0.4, -0.2) is 39.1 Å². The summed E-state index contributed by atoms with van der Waals surface area (Å²) in [5, 5.41) is 13.3. The Labute approximate surface area is 145 Å². The summed E-state index contributed by atoms with van der Waals surface area (Å²) >= 11 is 1.59. The third-order valence-electron chi connectivity index (χ3n) is 3.29. The predicted octanol–water partition coefficient (Wildman–Crippen LogP) is 1.38. The van der Waals surface area contributed by atoms with Crippen LogP contribution < -0.4 is 10.0 Å². The summed E-state index contributed by atoms with van der Waals surface area (Å²) in [6.07, 6.45) is 1.12. The molecule has 1 aromatic carbocycles. The number of carbonyl (C=O) groups excluding carboxylic acids is 1. The van der Waals surface area contributed by atoms with Gasteiger partial charge in [0.05, 0.1) is 4.90 Å². The van der Waals surface area contributed by atoms with E-state index in [9.17, 15) is 13.2 Å². The number of hydrogen-bond donors (Lipinski definition) is 3. The lowest BCUT2D eigenvalue weighted by atomic mass is 10.2. The summed E-state index contributed by atoms with van der Waals surface area (Å²) in [5.74, 6) is -0.293. The molecule has 3 N–H and O–H groups in total. The Morgan fingerprint density at radius 2 is 1.88 bits per heavy atom. The topological polar surface area (TPSA) is 95.5 Å². The fourth-order valence-electron chi connectivity index (χ4n) is 2.02. The molecule has 0 radical (unpaired) electrons. The second-order valence-corrected chi connectivity index (χ2v) is 7.88. The molecule has 1 amide bonds. The van der Waals surface area contributed by atoms with Crippen molar-refractivity contribution in [3.63, 3.8) is 0 Å². The molecule has 0 aliphatic rings. The van der Waals surface area contributed by atoms with Crippen molar-refractivity contribution in [3.8, 4) is 0 Å². The summed E-state index contributed by atoms with van der Waals surface area (Å²) in [7, 11) is -3.59. The highest BCUT2D eigenvalue weighted by Gasteiger charge is 2.14. The minimum absolute atomic E-state index is 0.00853. The summed E-state index contributed by atoms with van der Waals surface area (Å²) in [6.45, 7) is 0.709. The van der Waals surface area contributed by atoms with Crippen LogP contribution in [0.2, 0.25) is 0 Å². The van der Waals surface area contributed by atoms with Crippen molar-refractivity contribution in [3.05, 3.63) is 52.2 Å². The molecule has 0 fully saturated rings. The van der Waals surface area contributed by atoms with Gasteiger partial charge in [-0.05, 0) is 48.6 Å². The molecule has 0 saturated heterocycles. The molecule has 0 saturated carbocycles. The maximum absolute atomic E-state index is 12.2. The second-order valence-electron chi connectivity index (χ2n) is 5.08. The average Bonchev–Trinajstić information content (AvgIpc) is 3.08. The van der Waals surface area contributed by atoms with Crippen LogP contribution in [0.3, 0.4) is 0 Å². The molecule has 0 aliphatic carbocycles. The smallest absolute Gasteiger partial charge is 0.251 e. The number of hydrogen-bond acceptors (Lipinski definition) is 5. The number of aliphatic hydroxyl groups is 1. The number of benzene rings is 1. The maximum atomic E-state index is 12.2. The van der Waals surface area contributed by atoms with E-state index in [1.807, 2.05) is 17.5 Å². The van der Waals surface area contributed by atoms with Gasteiger partial charge in [0, 0.05) is 30.1 Å². The fourth-order valence-corrected chi connectivity index (χ4v) is 3.76. The van der Waals surface area contributed by atoms with Crippen LogP contribution in [0.25, 0.3) is 0 Å². The third kappa shape index (κ3) is 5.41. The van der Waals surface area contributed by atoms with Gasteiger partial charge >= 0.3 is 0 Å². The monoisotopic (exact) mass is 368 g/mol. The number of carbonyl (C=O) groups is 1. The van der Waals surface area contributed by atoms with Gasteiger partial charge in [0.1, 0.15) is 0 Å². The molecular formula is C16H20N2O4S2. The van der Waals surface area contributed by atoms with E-state index in [0.717, 1.165) is 4.88 Å². The van der Waals surface area contributed by atoms with E-state index in [1.54, 1.807) is 11.3 Å². The van der Waals surface area contributed by atoms with Crippen molar-refractivity contribution in [2.45, 2.75) is 17.7 Å². The van der Waals surface area contributed by atoms with E-state index in [2.05, 4.69) is 10.0 Å². The zero-order valence-corrected chi connectivity index (χ0v) is 14.7. The molecule has 0 bridgehead atoms. The molecule has 6 nitrogen and oxygen atoms in total. The standard InChI is InChI=1S/C16H20N2O4S2/c19-11-2-9-17-16(20)13-4-6-15(7-5-13)24(21,22)18-10-8-14-3-1-12-23-14/h1,3-7,12,18-19H,2,8-11H2,(H,17,20). The van der Waals surface area contributed by atoms with Gasteiger partial charge in [0.15, 0.2) is 0 Å². The van der Waals surface area contributed by atoms with Gasteiger partial charge in [0.25, 0.3) is 5.91 Å². The third-order valence-corrected chi connectivity index (χ3v) is 5.70. The lowest BCUT2D eigenvalue weighted by Crippen LogP contribution is -2.27. The zero-order valence-electron chi connectivity index (χ0n) is 13.1. The molecular weight excluding hydrogens is 348 g/mol. The Bertz CT molecular complexity index is 741. The zero-order chi connectivity index (χ0) is 17.4. The molecule has 0 atom stereocenters. The van der Waals surface area contributed by atoms with Crippen LogP contribution in [0.15, 0.2) is 46.7 Å². The number of amides is 1. The molecule has 1 heterocycles. The van der Waals surface area contributed by atoms with E-state index < -0.39 is 10.0 Å². The van der Waals surface area contributed by atoms with Gasteiger partial charge < -0.3 is 10.4 Å². The summed E-state index contributed by atoms with van der Waals surface area (Å²) in [6, 6.07) is 9.66. The first-order valence-corrected chi connectivity index (χ1v) is 9.90. The van der Waals surface area contributed by atoms with Gasteiger partial charge in [-0.25, -0.2) is 13.1 Å². The largest absolute Gasteiger partial charge is 0.396 e. The Hall–Kier alpha value is -1.74. The highest BCUT2D eigenvalue weighted by Crippen LogP contribution is 2.12. The maximum Gasteiger partial charge on any atom is 0.251 e. The first-order chi connectivity index (χ1) is 11.5. The molecule has 2 aromatic rings. The molecule has 130 valence electrons. The van der Waals surface area contributed by atoms with Crippen LogP contribution in [0.1, 0.15) is 21.7 Å². The lowest BCUT2D eigenvalue weighted by Gasteiger charge is -2.08. The molecule has 0 aliphatic heterocycles. The van der Waals surface area contributed by atoms with E-state index in [-0.39, 0.29) is 17.4 Å². The Morgan fingerprint density at radius 1 is 1.12 bits per heavy atom. The molecule has 0 spiro atoms. The number of thiophene rings is 1. The quantitative estimate of drug-likeness (QED) is 0.583. The summed E-state index contributed by atoms with van der Waals surface area (Å²) < 4.78 is 27.0. The van der Waals surface area contributed by atoms with Gasteiger partial charge in [-0.1, -0.05) is 6.07 Å². The Kier molecular flexibility index (Phi) is 6.92. The Morgan fingerprint density at radius 3 is 2.50 bits per heavy atom. The van der Waals surface area contributed by atoms with Crippen molar-refractivity contribution in [1.82, 2.24) is 10.0 Å². The van der Waals surface area contributed by atoms with Gasteiger partial charge in [-0.2, -0.15) is 0 Å². The molecule has 1 aromatic heterocycles. The van der Waals surface area contributed by atoms with Crippen LogP contribution in [0.5, 0.6) is 0 Å². The fraction of sp³-hybridized carbons (Fsp3) is 0.312. The molecule has 0 unspecified atom stereocenters. The van der Waals surface area contributed by atoms with Crippen molar-refractivity contribution in [1.29, 1.82) is 0 Å². The highest BCUT2D eigenvalue weighted by atomic mass is 32.2. The number of sulfonamides is 1. The number of nitrogens with one attached hydrogen (secondary N) is 2. The van der Waals surface area contributed by atoms with E-state index in [4.69, 9.17) is 5.11 Å². The first kappa shape index (κ1) is 18.6. The van der Waals surface area contributed by atoms with Crippen molar-refractivity contribution >= 4 is 27.3 Å². The van der Waals surface area contributed by atoms with Gasteiger partial charge in [-0.3, -0.25) is 4.79 Å². The van der Waals surface area contributed by atoms with E-state index in [1.165, 1.54) is 24.3 Å². The summed E-state index contributed by atoms with van der Waals surface area (Å²) in [4.78, 5) is 13.1. The number of rotatable bonds is 9. The molecule has 8 heteroatoms. The van der Waals surface area contributed by atoms with Crippen molar-refractivity contribution in [2.24, 2.45) is 0 Å². The van der Waals surface area contributed by atoms with E-state index in [0.29, 0.717) is 31.5 Å². The second kappa shape index (κ2) is 8.93. The van der Waals surface area contributed by atoms with Gasteiger partial charge in [0.2, 0.25) is 10.0 Å². The van der Waals surface area contributed by atoms with Crippen LogP contribution in [0.4, 0.5) is 0 Å². The summed E-state index contributed by atoms with van der Waals surface area (Å²) in [5.41, 5.74) is 0.380. The molecule has 24 heavy (non-hydrogen) atoms. The minimum Gasteiger partial charge on any atom is -0.396 e. The first-order valence-electron chi connectivity index (χ1n) is 7.54. The number of aliphatic hydroxyl groups excluding tert-OH is 1. The lowest BCUT2D eigenvalue weighted by molar-refractivity contribution is 0.0951.